The van der Waals surface area contributed by atoms with Crippen LogP contribution < -0.4 is 5.32 Å². The Morgan fingerprint density at radius 1 is 1.10 bits per heavy atom. The molecule has 0 radical (unpaired) electrons. The summed E-state index contributed by atoms with van der Waals surface area (Å²) in [5.74, 6) is -0.505. The molecule has 0 fully saturated rings. The number of hydrogen-bond donors (Lipinski definition) is 2. The second-order valence-electron chi connectivity index (χ2n) is 4.41. The van der Waals surface area contributed by atoms with Crippen LogP contribution in [-0.2, 0) is 14.3 Å². The molecule has 1 amide bonds. The van der Waals surface area contributed by atoms with Crippen LogP contribution in [0.5, 0.6) is 0 Å². The van der Waals surface area contributed by atoms with E-state index in [1.165, 1.54) is 7.11 Å². The molecule has 4 nitrogen and oxygen atoms in total. The molecule has 0 heterocycles. The van der Waals surface area contributed by atoms with Crippen LogP contribution in [0.1, 0.15) is 11.6 Å². The highest BCUT2D eigenvalue weighted by Crippen LogP contribution is 2.23. The van der Waals surface area contributed by atoms with Gasteiger partial charge in [-0.3, -0.25) is 4.79 Å². The molecule has 0 aromatic heterocycles. The summed E-state index contributed by atoms with van der Waals surface area (Å²) in [6.45, 7) is 0. The van der Waals surface area contributed by atoms with Gasteiger partial charge >= 0.3 is 5.97 Å². The van der Waals surface area contributed by atoms with Crippen LogP contribution in [0, 0.1) is 0 Å². The fraction of sp³-hybridized carbons (Fsp3) is 0.125. The lowest BCUT2D eigenvalue weighted by atomic mass is 10.0. The summed E-state index contributed by atoms with van der Waals surface area (Å²) in [7, 11) is 1.29. The maximum atomic E-state index is 11.6. The first-order chi connectivity index (χ1) is 10.2. The van der Waals surface area contributed by atoms with Crippen molar-refractivity contribution < 1.29 is 14.3 Å². The highest BCUT2D eigenvalue weighted by molar-refractivity contribution is 7.80. The summed E-state index contributed by atoms with van der Waals surface area (Å²) >= 11 is 4.25. The number of methoxy groups -OCH3 is 1. The summed E-state index contributed by atoms with van der Waals surface area (Å²) in [5, 5.41) is 2.45. The van der Waals surface area contributed by atoms with Crippen molar-refractivity contribution in [2.24, 2.45) is 0 Å². The van der Waals surface area contributed by atoms with Gasteiger partial charge in [-0.25, -0.2) is 4.79 Å². The van der Waals surface area contributed by atoms with Gasteiger partial charge in [0.1, 0.15) is 0 Å². The zero-order valence-corrected chi connectivity index (χ0v) is 12.3. The molecule has 0 saturated heterocycles. The van der Waals surface area contributed by atoms with Crippen LogP contribution in [0.25, 0.3) is 11.1 Å². The van der Waals surface area contributed by atoms with Gasteiger partial charge in [-0.1, -0.05) is 36.4 Å². The minimum atomic E-state index is -0.790. The van der Waals surface area contributed by atoms with Crippen molar-refractivity contribution in [3.05, 3.63) is 54.1 Å². The molecule has 2 aromatic carbocycles. The fourth-order valence-electron chi connectivity index (χ4n) is 2.01. The first kappa shape index (κ1) is 15.1. The molecule has 2 aromatic rings. The van der Waals surface area contributed by atoms with E-state index in [1.807, 2.05) is 36.4 Å². The molecule has 0 spiro atoms. The van der Waals surface area contributed by atoms with Crippen LogP contribution >= 0.6 is 12.6 Å². The normalized spacial score (nSPS) is 11.5. The van der Waals surface area contributed by atoms with Gasteiger partial charge in [-0.05, 0) is 28.8 Å². The van der Waals surface area contributed by atoms with E-state index in [1.54, 1.807) is 12.1 Å². The fourth-order valence-corrected chi connectivity index (χ4v) is 2.16. The van der Waals surface area contributed by atoms with Crippen LogP contribution in [-0.4, -0.2) is 19.5 Å². The van der Waals surface area contributed by atoms with Crippen LogP contribution in [0.15, 0.2) is 53.4 Å². The van der Waals surface area contributed by atoms with Crippen LogP contribution in [0.3, 0.4) is 0 Å². The van der Waals surface area contributed by atoms with Gasteiger partial charge in [0, 0.05) is 4.90 Å². The Morgan fingerprint density at radius 3 is 2.10 bits per heavy atom. The van der Waals surface area contributed by atoms with E-state index in [0.29, 0.717) is 12.0 Å². The summed E-state index contributed by atoms with van der Waals surface area (Å²) < 4.78 is 4.68. The Morgan fingerprint density at radius 2 is 1.62 bits per heavy atom. The predicted octanol–water partition coefficient (Wildman–Crippen LogP) is 2.60. The Bertz CT molecular complexity index is 623. The lowest BCUT2D eigenvalue weighted by Crippen LogP contribution is -2.28. The Labute approximate surface area is 128 Å². The third kappa shape index (κ3) is 3.64. The standard InChI is InChI=1S/C16H15NO3S/c1-20-16(19)15(17-10-18)13-4-2-11(3-5-13)12-6-8-14(21)9-7-12/h2-10,15,21H,1H3,(H,17,18). The Kier molecular flexibility index (Phi) is 5.00. The molecular formula is C16H15NO3S. The van der Waals surface area contributed by atoms with Crippen molar-refractivity contribution in [2.45, 2.75) is 10.9 Å². The number of carbonyl (C=O) groups excluding carboxylic acids is 2. The number of rotatable bonds is 5. The number of carbonyl (C=O) groups is 2. The second-order valence-corrected chi connectivity index (χ2v) is 4.93. The predicted molar refractivity (Wildman–Crippen MR) is 83.1 cm³/mol. The minimum Gasteiger partial charge on any atom is -0.467 e. The van der Waals surface area contributed by atoms with E-state index in [4.69, 9.17) is 0 Å². The molecule has 0 bridgehead atoms. The number of benzene rings is 2. The summed E-state index contributed by atoms with van der Waals surface area (Å²) in [6.07, 6.45) is 0.487. The topological polar surface area (TPSA) is 55.4 Å². The average Bonchev–Trinajstić information content (AvgIpc) is 2.53. The maximum Gasteiger partial charge on any atom is 0.333 e. The van der Waals surface area contributed by atoms with Crippen molar-refractivity contribution in [3.63, 3.8) is 0 Å². The monoisotopic (exact) mass is 301 g/mol. The third-order valence-electron chi connectivity index (χ3n) is 3.12. The Balaban J connectivity index is 2.26. The Hall–Kier alpha value is -2.27. The molecule has 1 N–H and O–H groups in total. The smallest absolute Gasteiger partial charge is 0.333 e. The van der Waals surface area contributed by atoms with E-state index in [-0.39, 0.29) is 0 Å². The zero-order valence-electron chi connectivity index (χ0n) is 11.4. The highest BCUT2D eigenvalue weighted by Gasteiger charge is 2.20. The summed E-state index contributed by atoms with van der Waals surface area (Å²) in [5.41, 5.74) is 2.74. The van der Waals surface area contributed by atoms with Crippen molar-refractivity contribution in [1.29, 1.82) is 0 Å². The van der Waals surface area contributed by atoms with E-state index >= 15 is 0 Å². The van der Waals surface area contributed by atoms with Gasteiger partial charge in [0.15, 0.2) is 6.04 Å². The van der Waals surface area contributed by atoms with Crippen molar-refractivity contribution in [1.82, 2.24) is 5.32 Å². The molecule has 0 aliphatic carbocycles. The van der Waals surface area contributed by atoms with E-state index < -0.39 is 12.0 Å². The van der Waals surface area contributed by atoms with Gasteiger partial charge in [0.05, 0.1) is 7.11 Å². The number of nitrogens with one attached hydrogen (secondary N) is 1. The average molecular weight is 301 g/mol. The molecule has 1 atom stereocenters. The van der Waals surface area contributed by atoms with E-state index in [0.717, 1.165) is 16.0 Å². The first-order valence-corrected chi connectivity index (χ1v) is 6.77. The van der Waals surface area contributed by atoms with Crippen molar-refractivity contribution in [3.8, 4) is 11.1 Å². The highest BCUT2D eigenvalue weighted by atomic mass is 32.1. The number of thiol groups is 1. The molecule has 5 heteroatoms. The van der Waals surface area contributed by atoms with Gasteiger partial charge in [-0.15, -0.1) is 12.6 Å². The van der Waals surface area contributed by atoms with Crippen LogP contribution in [0.4, 0.5) is 0 Å². The molecule has 0 saturated carbocycles. The molecular weight excluding hydrogens is 286 g/mol. The summed E-state index contributed by atoms with van der Waals surface area (Å²) in [6, 6.07) is 14.4. The van der Waals surface area contributed by atoms with Crippen molar-refractivity contribution in [2.75, 3.05) is 7.11 Å². The zero-order chi connectivity index (χ0) is 15.2. The van der Waals surface area contributed by atoms with Gasteiger partial charge < -0.3 is 10.1 Å². The van der Waals surface area contributed by atoms with Gasteiger partial charge in [0.2, 0.25) is 6.41 Å². The largest absolute Gasteiger partial charge is 0.467 e. The lowest BCUT2D eigenvalue weighted by molar-refractivity contribution is -0.144. The van der Waals surface area contributed by atoms with Gasteiger partial charge in [-0.2, -0.15) is 0 Å². The second kappa shape index (κ2) is 6.95. The first-order valence-electron chi connectivity index (χ1n) is 6.32. The third-order valence-corrected chi connectivity index (χ3v) is 3.41. The molecule has 0 aliphatic rings. The minimum absolute atomic E-state index is 0.487. The summed E-state index contributed by atoms with van der Waals surface area (Å²) in [4.78, 5) is 23.1. The van der Waals surface area contributed by atoms with Crippen molar-refractivity contribution >= 4 is 25.0 Å². The quantitative estimate of drug-likeness (QED) is 0.507. The number of hydrogen-bond acceptors (Lipinski definition) is 4. The molecule has 0 aliphatic heterocycles. The maximum absolute atomic E-state index is 11.6. The van der Waals surface area contributed by atoms with Gasteiger partial charge in [0.25, 0.3) is 0 Å². The SMILES string of the molecule is COC(=O)C(NC=O)c1ccc(-c2ccc(S)cc2)cc1. The number of amides is 1. The van der Waals surface area contributed by atoms with Crippen LogP contribution in [0.2, 0.25) is 0 Å². The molecule has 2 rings (SSSR count). The number of esters is 1. The van der Waals surface area contributed by atoms with E-state index in [2.05, 4.69) is 22.7 Å². The molecule has 21 heavy (non-hydrogen) atoms. The molecule has 108 valence electrons. The number of ether oxygens (including phenoxy) is 1. The molecule has 1 unspecified atom stereocenters. The van der Waals surface area contributed by atoms with E-state index in [9.17, 15) is 9.59 Å². The lowest BCUT2D eigenvalue weighted by Gasteiger charge is -2.14.